The molecule has 0 aliphatic heterocycles. The molecule has 1 heterocycles. The third kappa shape index (κ3) is 4.91. The van der Waals surface area contributed by atoms with Gasteiger partial charge in [0, 0.05) is 30.0 Å². The van der Waals surface area contributed by atoms with E-state index in [2.05, 4.69) is 46.2 Å². The molecule has 2 aromatic carbocycles. The highest BCUT2D eigenvalue weighted by Gasteiger charge is 2.14. The summed E-state index contributed by atoms with van der Waals surface area (Å²) in [6.07, 6.45) is 1.76. The Labute approximate surface area is 160 Å². The number of nitrogens with one attached hydrogen (secondary N) is 1. The van der Waals surface area contributed by atoms with Crippen molar-refractivity contribution >= 4 is 23.2 Å². The minimum atomic E-state index is 0.0550. The summed E-state index contributed by atoms with van der Waals surface area (Å²) in [6.45, 7) is 6.57. The van der Waals surface area contributed by atoms with Crippen LogP contribution < -0.4 is 10.2 Å². The van der Waals surface area contributed by atoms with E-state index < -0.39 is 0 Å². The van der Waals surface area contributed by atoms with Crippen LogP contribution in [0.2, 0.25) is 0 Å². The molecule has 0 spiro atoms. The van der Waals surface area contributed by atoms with Gasteiger partial charge in [-0.3, -0.25) is 4.79 Å². The lowest BCUT2D eigenvalue weighted by Crippen LogP contribution is -2.31. The van der Waals surface area contributed by atoms with Crippen molar-refractivity contribution in [2.75, 3.05) is 10.2 Å². The molecule has 0 amide bonds. The van der Waals surface area contributed by atoms with Crippen LogP contribution in [0, 0.1) is 0 Å². The molecule has 0 saturated heterocycles. The maximum Gasteiger partial charge on any atom is 0.227 e. The molecule has 3 aromatic rings. The van der Waals surface area contributed by atoms with Crippen LogP contribution in [-0.2, 0) is 6.54 Å². The minimum absolute atomic E-state index is 0.0550. The molecular weight excluding hydrogens is 336 g/mol. The highest BCUT2D eigenvalue weighted by Crippen LogP contribution is 2.20. The Morgan fingerprint density at radius 2 is 1.74 bits per heavy atom. The number of nitrogens with zero attached hydrogens (tertiary/aromatic N) is 3. The molecule has 0 aliphatic carbocycles. The van der Waals surface area contributed by atoms with Gasteiger partial charge in [-0.2, -0.15) is 4.98 Å². The van der Waals surface area contributed by atoms with Crippen molar-refractivity contribution < 1.29 is 4.79 Å². The summed E-state index contributed by atoms with van der Waals surface area (Å²) >= 11 is 0. The molecule has 5 nitrogen and oxygen atoms in total. The van der Waals surface area contributed by atoms with Gasteiger partial charge in [-0.1, -0.05) is 30.3 Å². The molecule has 0 unspecified atom stereocenters. The first-order valence-corrected chi connectivity index (χ1v) is 9.04. The monoisotopic (exact) mass is 360 g/mol. The van der Waals surface area contributed by atoms with Crippen molar-refractivity contribution in [3.63, 3.8) is 0 Å². The summed E-state index contributed by atoms with van der Waals surface area (Å²) in [4.78, 5) is 22.7. The van der Waals surface area contributed by atoms with Crippen molar-refractivity contribution in [3.05, 3.63) is 78.0 Å². The fourth-order valence-corrected chi connectivity index (χ4v) is 2.76. The fraction of sp³-hybridized carbons (Fsp3) is 0.227. The Kier molecular flexibility index (Phi) is 5.81. The first-order valence-electron chi connectivity index (χ1n) is 9.04. The number of carbonyl (C=O) groups is 1. The predicted octanol–water partition coefficient (Wildman–Crippen LogP) is 4.84. The van der Waals surface area contributed by atoms with Gasteiger partial charge in [0.2, 0.25) is 5.95 Å². The van der Waals surface area contributed by atoms with E-state index in [1.807, 2.05) is 48.5 Å². The van der Waals surface area contributed by atoms with E-state index in [1.54, 1.807) is 13.1 Å². The second-order valence-electron chi connectivity index (χ2n) is 6.71. The number of hydrogen-bond acceptors (Lipinski definition) is 5. The number of rotatable bonds is 7. The standard InChI is InChI=1S/C22H24N4O/c1-16(2)26(15-18-7-5-4-6-8-18)22-23-14-13-21(25-22)24-20-11-9-19(10-12-20)17(3)27/h4-14,16H,15H2,1-3H3,(H,23,24,25). The maximum atomic E-state index is 11.4. The van der Waals surface area contributed by atoms with Gasteiger partial charge in [-0.05, 0) is 56.7 Å². The van der Waals surface area contributed by atoms with Crippen LogP contribution in [0.15, 0.2) is 66.9 Å². The van der Waals surface area contributed by atoms with Crippen LogP contribution in [-0.4, -0.2) is 21.8 Å². The SMILES string of the molecule is CC(=O)c1ccc(Nc2ccnc(N(Cc3ccccc3)C(C)C)n2)cc1. The smallest absolute Gasteiger partial charge is 0.227 e. The molecule has 1 N–H and O–H groups in total. The Morgan fingerprint density at radius 3 is 2.37 bits per heavy atom. The van der Waals surface area contributed by atoms with Crippen molar-refractivity contribution in [1.82, 2.24) is 9.97 Å². The van der Waals surface area contributed by atoms with Gasteiger partial charge in [-0.15, -0.1) is 0 Å². The number of hydrogen-bond donors (Lipinski definition) is 1. The van der Waals surface area contributed by atoms with E-state index in [9.17, 15) is 4.79 Å². The highest BCUT2D eigenvalue weighted by molar-refractivity contribution is 5.94. The summed E-state index contributed by atoms with van der Waals surface area (Å²) in [7, 11) is 0. The highest BCUT2D eigenvalue weighted by atomic mass is 16.1. The van der Waals surface area contributed by atoms with Gasteiger partial charge in [0.1, 0.15) is 5.82 Å². The van der Waals surface area contributed by atoms with Crippen molar-refractivity contribution in [2.45, 2.75) is 33.4 Å². The first-order chi connectivity index (χ1) is 13.0. The topological polar surface area (TPSA) is 58.1 Å². The van der Waals surface area contributed by atoms with Crippen LogP contribution in [0.3, 0.4) is 0 Å². The third-order valence-corrected chi connectivity index (χ3v) is 4.28. The van der Waals surface area contributed by atoms with E-state index in [1.165, 1.54) is 5.56 Å². The number of aromatic nitrogens is 2. The number of ketones is 1. The predicted molar refractivity (Wildman–Crippen MR) is 110 cm³/mol. The molecule has 5 heteroatoms. The number of carbonyl (C=O) groups excluding carboxylic acids is 1. The average molecular weight is 360 g/mol. The van der Waals surface area contributed by atoms with Gasteiger partial charge < -0.3 is 10.2 Å². The molecule has 0 aliphatic rings. The molecule has 27 heavy (non-hydrogen) atoms. The molecule has 0 radical (unpaired) electrons. The van der Waals surface area contributed by atoms with Crippen LogP contribution in [0.5, 0.6) is 0 Å². The van der Waals surface area contributed by atoms with E-state index in [0.717, 1.165) is 12.2 Å². The van der Waals surface area contributed by atoms with Crippen molar-refractivity contribution in [3.8, 4) is 0 Å². The van der Waals surface area contributed by atoms with Gasteiger partial charge >= 0.3 is 0 Å². The Balaban J connectivity index is 1.79. The molecule has 0 bridgehead atoms. The average Bonchev–Trinajstić information content (AvgIpc) is 2.67. The first kappa shape index (κ1) is 18.6. The second-order valence-corrected chi connectivity index (χ2v) is 6.71. The van der Waals surface area contributed by atoms with Crippen molar-refractivity contribution in [2.24, 2.45) is 0 Å². The molecule has 0 atom stereocenters. The lowest BCUT2D eigenvalue weighted by Gasteiger charge is -2.27. The van der Waals surface area contributed by atoms with Crippen LogP contribution in [0.1, 0.15) is 36.7 Å². The Bertz CT molecular complexity index is 892. The zero-order valence-corrected chi connectivity index (χ0v) is 15.9. The quantitative estimate of drug-likeness (QED) is 0.611. The fourth-order valence-electron chi connectivity index (χ4n) is 2.76. The Morgan fingerprint density at radius 1 is 1.04 bits per heavy atom. The zero-order chi connectivity index (χ0) is 19.2. The Hall–Kier alpha value is -3.21. The van der Waals surface area contributed by atoms with Gasteiger partial charge in [0.25, 0.3) is 0 Å². The van der Waals surface area contributed by atoms with Gasteiger partial charge in [0.15, 0.2) is 5.78 Å². The second kappa shape index (κ2) is 8.45. The summed E-state index contributed by atoms with van der Waals surface area (Å²) in [5.41, 5.74) is 2.79. The van der Waals surface area contributed by atoms with Crippen LogP contribution in [0.4, 0.5) is 17.5 Å². The van der Waals surface area contributed by atoms with E-state index >= 15 is 0 Å². The van der Waals surface area contributed by atoms with Crippen LogP contribution in [0.25, 0.3) is 0 Å². The molecule has 0 saturated carbocycles. The molecule has 3 rings (SSSR count). The molecule has 0 fully saturated rings. The largest absolute Gasteiger partial charge is 0.340 e. The van der Waals surface area contributed by atoms with E-state index in [0.29, 0.717) is 17.3 Å². The van der Waals surface area contributed by atoms with Gasteiger partial charge in [0.05, 0.1) is 0 Å². The van der Waals surface area contributed by atoms with Gasteiger partial charge in [-0.25, -0.2) is 4.98 Å². The lowest BCUT2D eigenvalue weighted by molar-refractivity contribution is 0.101. The van der Waals surface area contributed by atoms with E-state index in [4.69, 9.17) is 0 Å². The molecule has 1 aromatic heterocycles. The number of anilines is 3. The summed E-state index contributed by atoms with van der Waals surface area (Å²) in [6, 6.07) is 19.8. The zero-order valence-electron chi connectivity index (χ0n) is 15.9. The number of Topliss-reactive ketones (excluding diaryl/α,β-unsaturated/α-hetero) is 1. The number of benzene rings is 2. The minimum Gasteiger partial charge on any atom is -0.340 e. The summed E-state index contributed by atoms with van der Waals surface area (Å²) in [5, 5.41) is 3.28. The van der Waals surface area contributed by atoms with E-state index in [-0.39, 0.29) is 11.8 Å². The summed E-state index contributed by atoms with van der Waals surface area (Å²) in [5.74, 6) is 1.45. The third-order valence-electron chi connectivity index (χ3n) is 4.28. The molecule has 138 valence electrons. The maximum absolute atomic E-state index is 11.4. The normalized spacial score (nSPS) is 10.7. The van der Waals surface area contributed by atoms with Crippen LogP contribution >= 0.6 is 0 Å². The molecular formula is C22H24N4O. The summed E-state index contributed by atoms with van der Waals surface area (Å²) < 4.78 is 0. The lowest BCUT2D eigenvalue weighted by atomic mass is 10.1. The van der Waals surface area contributed by atoms with Crippen molar-refractivity contribution in [1.29, 1.82) is 0 Å².